The van der Waals surface area contributed by atoms with Crippen molar-refractivity contribution in [2.45, 2.75) is 20.0 Å². The van der Waals surface area contributed by atoms with Crippen LogP contribution in [-0.2, 0) is 13.0 Å². The summed E-state index contributed by atoms with van der Waals surface area (Å²) in [7, 11) is 1.55. The van der Waals surface area contributed by atoms with Gasteiger partial charge in [0.15, 0.2) is 11.5 Å². The molecule has 0 amide bonds. The predicted octanol–water partition coefficient (Wildman–Crippen LogP) is 4.58. The minimum absolute atomic E-state index is 0.317. The van der Waals surface area contributed by atoms with Crippen LogP contribution in [0.25, 0.3) is 11.0 Å². The molecule has 0 spiro atoms. The fraction of sp³-hybridized carbons (Fsp3) is 0.182. The van der Waals surface area contributed by atoms with E-state index in [9.17, 15) is 4.39 Å². The highest BCUT2D eigenvalue weighted by atomic mass is 19.1. The molecule has 0 aliphatic heterocycles. The van der Waals surface area contributed by atoms with Crippen molar-refractivity contribution < 1.29 is 13.9 Å². The molecule has 142 valence electrons. The molecule has 1 N–H and O–H groups in total. The fourth-order valence-corrected chi connectivity index (χ4v) is 3.17. The van der Waals surface area contributed by atoms with Gasteiger partial charge in [-0.05, 0) is 53.4 Å². The number of rotatable bonds is 6. The van der Waals surface area contributed by atoms with E-state index in [0.29, 0.717) is 30.1 Å². The van der Waals surface area contributed by atoms with Crippen LogP contribution in [0.2, 0.25) is 0 Å². The van der Waals surface area contributed by atoms with Crippen molar-refractivity contribution in [1.29, 1.82) is 0 Å². The molecular formula is C22H20FN3O2. The van der Waals surface area contributed by atoms with Crippen LogP contribution >= 0.6 is 0 Å². The molecule has 3 aromatic heterocycles. The minimum Gasteiger partial charge on any atom is -0.493 e. The standard InChI is InChI=1S/C22H20FN3O2/c1-14-11-24-7-5-15(14)13-28-21-10-19(23)16(9-20(21)27-2)8-17-12-26-22-18(17)4-3-6-25-22/h3-7,9-12H,8,13H2,1-2H3,(H,25,26). The van der Waals surface area contributed by atoms with Crippen molar-refractivity contribution in [2.75, 3.05) is 7.11 Å². The Balaban J connectivity index is 1.59. The molecule has 6 heteroatoms. The monoisotopic (exact) mass is 377 g/mol. The van der Waals surface area contributed by atoms with E-state index in [1.165, 1.54) is 6.07 Å². The third kappa shape index (κ3) is 3.53. The summed E-state index contributed by atoms with van der Waals surface area (Å²) in [6.45, 7) is 2.28. The Hall–Kier alpha value is -3.41. The van der Waals surface area contributed by atoms with Gasteiger partial charge in [0.05, 0.1) is 7.11 Å². The summed E-state index contributed by atoms with van der Waals surface area (Å²) in [6.07, 6.45) is 7.50. The molecule has 1 aromatic carbocycles. The summed E-state index contributed by atoms with van der Waals surface area (Å²) >= 11 is 0. The zero-order chi connectivity index (χ0) is 19.5. The molecule has 0 unspecified atom stereocenters. The first-order chi connectivity index (χ1) is 13.7. The molecule has 4 aromatic rings. The highest BCUT2D eigenvalue weighted by Crippen LogP contribution is 2.32. The molecule has 4 rings (SSSR count). The Morgan fingerprint density at radius 1 is 1.07 bits per heavy atom. The zero-order valence-corrected chi connectivity index (χ0v) is 15.7. The first-order valence-corrected chi connectivity index (χ1v) is 8.95. The van der Waals surface area contributed by atoms with Gasteiger partial charge >= 0.3 is 0 Å². The van der Waals surface area contributed by atoms with Crippen LogP contribution in [0.3, 0.4) is 0 Å². The van der Waals surface area contributed by atoms with Crippen molar-refractivity contribution in [3.05, 3.63) is 83.2 Å². The van der Waals surface area contributed by atoms with Crippen molar-refractivity contribution in [3.8, 4) is 11.5 Å². The number of nitrogens with one attached hydrogen (secondary N) is 1. The lowest BCUT2D eigenvalue weighted by Gasteiger charge is -2.14. The van der Waals surface area contributed by atoms with E-state index >= 15 is 0 Å². The van der Waals surface area contributed by atoms with Gasteiger partial charge in [-0.25, -0.2) is 9.37 Å². The highest BCUT2D eigenvalue weighted by molar-refractivity contribution is 5.79. The molecule has 0 atom stereocenters. The summed E-state index contributed by atoms with van der Waals surface area (Å²) < 4.78 is 26.1. The van der Waals surface area contributed by atoms with E-state index in [-0.39, 0.29) is 5.82 Å². The second-order valence-corrected chi connectivity index (χ2v) is 6.58. The second-order valence-electron chi connectivity index (χ2n) is 6.58. The molecule has 0 fully saturated rings. The van der Waals surface area contributed by atoms with Crippen LogP contribution in [-0.4, -0.2) is 22.1 Å². The van der Waals surface area contributed by atoms with Crippen LogP contribution in [0.1, 0.15) is 22.3 Å². The number of hydrogen-bond acceptors (Lipinski definition) is 4. The maximum Gasteiger partial charge on any atom is 0.164 e. The van der Waals surface area contributed by atoms with E-state index in [4.69, 9.17) is 9.47 Å². The van der Waals surface area contributed by atoms with Crippen molar-refractivity contribution in [2.24, 2.45) is 0 Å². The van der Waals surface area contributed by atoms with E-state index in [0.717, 1.165) is 27.7 Å². The van der Waals surface area contributed by atoms with Crippen molar-refractivity contribution in [1.82, 2.24) is 15.0 Å². The number of benzene rings is 1. The Morgan fingerprint density at radius 2 is 1.96 bits per heavy atom. The second kappa shape index (κ2) is 7.68. The Morgan fingerprint density at radius 3 is 2.79 bits per heavy atom. The van der Waals surface area contributed by atoms with Gasteiger partial charge in [0.25, 0.3) is 0 Å². The van der Waals surface area contributed by atoms with Gasteiger partial charge in [0.2, 0.25) is 0 Å². The molecular weight excluding hydrogens is 357 g/mol. The maximum absolute atomic E-state index is 14.8. The van der Waals surface area contributed by atoms with Crippen molar-refractivity contribution in [3.63, 3.8) is 0 Å². The number of pyridine rings is 2. The lowest BCUT2D eigenvalue weighted by Crippen LogP contribution is -2.02. The molecule has 0 saturated carbocycles. The number of hydrogen-bond donors (Lipinski definition) is 1. The summed E-state index contributed by atoms with van der Waals surface area (Å²) in [6, 6.07) is 8.81. The van der Waals surface area contributed by atoms with E-state index < -0.39 is 0 Å². The Kier molecular flexibility index (Phi) is 4.93. The lowest BCUT2D eigenvalue weighted by atomic mass is 10.0. The molecule has 28 heavy (non-hydrogen) atoms. The Bertz CT molecular complexity index is 1120. The first kappa shape index (κ1) is 18.0. The van der Waals surface area contributed by atoms with Gasteiger partial charge < -0.3 is 14.5 Å². The number of aromatic amines is 1. The fourth-order valence-electron chi connectivity index (χ4n) is 3.17. The molecule has 0 aliphatic rings. The van der Waals surface area contributed by atoms with E-state index in [1.54, 1.807) is 31.8 Å². The van der Waals surface area contributed by atoms with Gasteiger partial charge in [-0.2, -0.15) is 0 Å². The van der Waals surface area contributed by atoms with Crippen molar-refractivity contribution >= 4 is 11.0 Å². The van der Waals surface area contributed by atoms with Crippen LogP contribution < -0.4 is 9.47 Å². The Labute approximate surface area is 162 Å². The van der Waals surface area contributed by atoms with Gasteiger partial charge in [0, 0.05) is 42.7 Å². The molecule has 5 nitrogen and oxygen atoms in total. The van der Waals surface area contributed by atoms with Crippen LogP contribution in [0, 0.1) is 12.7 Å². The SMILES string of the molecule is COc1cc(Cc2c[nH]c3ncccc23)c(F)cc1OCc1ccncc1C. The molecule has 3 heterocycles. The predicted molar refractivity (Wildman–Crippen MR) is 105 cm³/mol. The van der Waals surface area contributed by atoms with E-state index in [2.05, 4.69) is 15.0 Å². The highest BCUT2D eigenvalue weighted by Gasteiger charge is 2.15. The normalized spacial score (nSPS) is 11.0. The molecule has 0 bridgehead atoms. The average Bonchev–Trinajstić information content (AvgIpc) is 3.12. The number of H-pyrrole nitrogens is 1. The summed E-state index contributed by atoms with van der Waals surface area (Å²) in [4.78, 5) is 11.5. The van der Waals surface area contributed by atoms with Gasteiger partial charge in [0.1, 0.15) is 18.1 Å². The third-order valence-corrected chi connectivity index (χ3v) is 4.77. The molecule has 0 saturated heterocycles. The van der Waals surface area contributed by atoms with E-state index in [1.807, 2.05) is 31.3 Å². The first-order valence-electron chi connectivity index (χ1n) is 8.95. The number of aromatic nitrogens is 3. The number of aryl methyl sites for hydroxylation is 1. The number of halogens is 1. The topological polar surface area (TPSA) is 60.0 Å². The summed E-state index contributed by atoms with van der Waals surface area (Å²) in [5.41, 5.74) is 4.32. The van der Waals surface area contributed by atoms with Crippen LogP contribution in [0.5, 0.6) is 11.5 Å². The molecule has 0 radical (unpaired) electrons. The smallest absolute Gasteiger partial charge is 0.164 e. The van der Waals surface area contributed by atoms with Gasteiger partial charge in [-0.15, -0.1) is 0 Å². The number of ether oxygens (including phenoxy) is 2. The maximum atomic E-state index is 14.8. The quantitative estimate of drug-likeness (QED) is 0.534. The number of nitrogens with zero attached hydrogens (tertiary/aromatic N) is 2. The van der Waals surface area contributed by atoms with Crippen LogP contribution in [0.15, 0.2) is 55.1 Å². The van der Waals surface area contributed by atoms with Gasteiger partial charge in [-0.3, -0.25) is 4.98 Å². The van der Waals surface area contributed by atoms with Gasteiger partial charge in [-0.1, -0.05) is 0 Å². The largest absolute Gasteiger partial charge is 0.493 e. The number of methoxy groups -OCH3 is 1. The zero-order valence-electron chi connectivity index (χ0n) is 15.7. The van der Waals surface area contributed by atoms with Crippen LogP contribution in [0.4, 0.5) is 4.39 Å². The third-order valence-electron chi connectivity index (χ3n) is 4.77. The minimum atomic E-state index is -0.333. The molecule has 0 aliphatic carbocycles. The summed E-state index contributed by atoms with van der Waals surface area (Å²) in [5, 5.41) is 0.981. The summed E-state index contributed by atoms with van der Waals surface area (Å²) in [5.74, 6) is 0.544. The average molecular weight is 377 g/mol. The lowest BCUT2D eigenvalue weighted by molar-refractivity contribution is 0.281. The number of fused-ring (bicyclic) bond motifs is 1.